The first-order valence-corrected chi connectivity index (χ1v) is 11.2. The Bertz CT molecular complexity index is 1090. The van der Waals surface area contributed by atoms with E-state index < -0.39 is 0 Å². The topological polar surface area (TPSA) is 88.9 Å². The van der Waals surface area contributed by atoms with Crippen LogP contribution in [0.4, 0.5) is 5.69 Å². The van der Waals surface area contributed by atoms with Crippen molar-refractivity contribution >= 4 is 40.9 Å². The predicted molar refractivity (Wildman–Crippen MR) is 124 cm³/mol. The maximum absolute atomic E-state index is 12.6. The molecule has 7 nitrogen and oxygen atoms in total. The fraction of sp³-hybridized carbons (Fsp3) is 0.273. The second-order valence-electron chi connectivity index (χ2n) is 6.97. The average molecular weight is 458 g/mol. The summed E-state index contributed by atoms with van der Waals surface area (Å²) >= 11 is 7.42. The molecule has 1 aromatic heterocycles. The summed E-state index contributed by atoms with van der Waals surface area (Å²) in [4.78, 5) is 24.9. The highest BCUT2D eigenvalue weighted by Crippen LogP contribution is 2.22. The number of thioether (sulfide) groups is 1. The molecular weight excluding hydrogens is 434 g/mol. The number of anilines is 1. The van der Waals surface area contributed by atoms with Gasteiger partial charge in [0.05, 0.1) is 22.4 Å². The number of carbonyl (C=O) groups excluding carboxylic acids is 2. The SMILES string of the molecule is CCn1c(SCC(=O)Nc2cccc(C)c2)nnc1[C@H](C)NC(=O)c1ccccc1Cl. The van der Waals surface area contributed by atoms with Gasteiger partial charge in [-0.2, -0.15) is 0 Å². The van der Waals surface area contributed by atoms with E-state index in [9.17, 15) is 9.59 Å². The average Bonchev–Trinajstić information content (AvgIpc) is 3.15. The fourth-order valence-corrected chi connectivity index (χ4v) is 4.09. The second-order valence-corrected chi connectivity index (χ2v) is 8.32. The lowest BCUT2D eigenvalue weighted by Crippen LogP contribution is -2.29. The highest BCUT2D eigenvalue weighted by atomic mass is 35.5. The van der Waals surface area contributed by atoms with Crippen LogP contribution in [0, 0.1) is 6.92 Å². The van der Waals surface area contributed by atoms with Crippen LogP contribution >= 0.6 is 23.4 Å². The van der Waals surface area contributed by atoms with Gasteiger partial charge in [-0.1, -0.05) is 47.6 Å². The molecule has 0 bridgehead atoms. The summed E-state index contributed by atoms with van der Waals surface area (Å²) in [5.41, 5.74) is 2.24. The summed E-state index contributed by atoms with van der Waals surface area (Å²) in [6.07, 6.45) is 0. The lowest BCUT2D eigenvalue weighted by Gasteiger charge is -2.15. The smallest absolute Gasteiger partial charge is 0.253 e. The molecule has 0 aliphatic rings. The molecule has 0 spiro atoms. The number of benzene rings is 2. The van der Waals surface area contributed by atoms with Crippen molar-refractivity contribution in [2.24, 2.45) is 0 Å². The molecule has 2 aromatic carbocycles. The van der Waals surface area contributed by atoms with Gasteiger partial charge >= 0.3 is 0 Å². The van der Waals surface area contributed by atoms with Crippen LogP contribution in [-0.4, -0.2) is 32.3 Å². The quantitative estimate of drug-likeness (QED) is 0.487. The van der Waals surface area contributed by atoms with E-state index in [4.69, 9.17) is 11.6 Å². The molecular formula is C22H24ClN5O2S. The van der Waals surface area contributed by atoms with Crippen molar-refractivity contribution in [1.29, 1.82) is 0 Å². The number of aromatic nitrogens is 3. The van der Waals surface area contributed by atoms with E-state index in [0.29, 0.717) is 28.1 Å². The number of hydrogen-bond acceptors (Lipinski definition) is 5. The Morgan fingerprint density at radius 1 is 1.16 bits per heavy atom. The highest BCUT2D eigenvalue weighted by molar-refractivity contribution is 7.99. The normalized spacial score (nSPS) is 11.7. The fourth-order valence-electron chi connectivity index (χ4n) is 3.06. The van der Waals surface area contributed by atoms with Crippen molar-refractivity contribution < 1.29 is 9.59 Å². The molecule has 1 atom stereocenters. The molecule has 0 fully saturated rings. The molecule has 3 rings (SSSR count). The largest absolute Gasteiger partial charge is 0.342 e. The van der Waals surface area contributed by atoms with Crippen LogP contribution in [-0.2, 0) is 11.3 Å². The molecule has 0 aliphatic carbocycles. The Labute approximate surface area is 190 Å². The summed E-state index contributed by atoms with van der Waals surface area (Å²) < 4.78 is 1.89. The van der Waals surface area contributed by atoms with Crippen LogP contribution in [0.15, 0.2) is 53.7 Å². The van der Waals surface area contributed by atoms with Gasteiger partial charge in [-0.15, -0.1) is 10.2 Å². The van der Waals surface area contributed by atoms with Crippen LogP contribution < -0.4 is 10.6 Å². The zero-order valence-corrected chi connectivity index (χ0v) is 19.1. The van der Waals surface area contributed by atoms with Crippen LogP contribution in [0.5, 0.6) is 0 Å². The minimum Gasteiger partial charge on any atom is -0.342 e. The number of halogens is 1. The van der Waals surface area contributed by atoms with Crippen LogP contribution in [0.2, 0.25) is 5.02 Å². The van der Waals surface area contributed by atoms with E-state index in [1.165, 1.54) is 11.8 Å². The van der Waals surface area contributed by atoms with Gasteiger partial charge in [-0.3, -0.25) is 9.59 Å². The first-order valence-electron chi connectivity index (χ1n) is 9.86. The molecule has 2 amide bonds. The van der Waals surface area contributed by atoms with Gasteiger partial charge in [0.1, 0.15) is 0 Å². The molecule has 162 valence electrons. The zero-order chi connectivity index (χ0) is 22.4. The maximum Gasteiger partial charge on any atom is 0.253 e. The lowest BCUT2D eigenvalue weighted by atomic mass is 10.2. The van der Waals surface area contributed by atoms with Crippen molar-refractivity contribution in [3.8, 4) is 0 Å². The van der Waals surface area contributed by atoms with Gasteiger partial charge in [0.15, 0.2) is 11.0 Å². The third-order valence-corrected chi connectivity index (χ3v) is 5.85. The second kappa shape index (κ2) is 10.5. The summed E-state index contributed by atoms with van der Waals surface area (Å²) in [6.45, 7) is 6.38. The molecule has 0 aliphatic heterocycles. The Morgan fingerprint density at radius 3 is 2.65 bits per heavy atom. The van der Waals surface area contributed by atoms with E-state index in [1.54, 1.807) is 24.3 Å². The Kier molecular flexibility index (Phi) is 7.70. The maximum atomic E-state index is 12.6. The standard InChI is InChI=1S/C22H24ClN5O2S/c1-4-28-20(15(3)24-21(30)17-10-5-6-11-18(17)23)26-27-22(28)31-13-19(29)25-16-9-7-8-14(2)12-16/h5-12,15H,4,13H2,1-3H3,(H,24,30)(H,25,29)/t15-/m0/s1. The minimum absolute atomic E-state index is 0.122. The van der Waals surface area contributed by atoms with E-state index >= 15 is 0 Å². The predicted octanol–water partition coefficient (Wildman–Crippen LogP) is 4.48. The Hall–Kier alpha value is -2.84. The monoisotopic (exact) mass is 457 g/mol. The highest BCUT2D eigenvalue weighted by Gasteiger charge is 2.21. The molecule has 1 heterocycles. The lowest BCUT2D eigenvalue weighted by molar-refractivity contribution is -0.113. The van der Waals surface area contributed by atoms with Crippen molar-refractivity contribution in [3.63, 3.8) is 0 Å². The van der Waals surface area contributed by atoms with Crippen molar-refractivity contribution in [1.82, 2.24) is 20.1 Å². The summed E-state index contributed by atoms with van der Waals surface area (Å²) in [7, 11) is 0. The van der Waals surface area contributed by atoms with Gasteiger partial charge < -0.3 is 15.2 Å². The summed E-state index contributed by atoms with van der Waals surface area (Å²) in [5, 5.41) is 15.3. The summed E-state index contributed by atoms with van der Waals surface area (Å²) in [5.74, 6) is 0.412. The van der Waals surface area contributed by atoms with Gasteiger partial charge in [-0.25, -0.2) is 0 Å². The van der Waals surface area contributed by atoms with E-state index in [0.717, 1.165) is 11.3 Å². The van der Waals surface area contributed by atoms with Crippen LogP contribution in [0.3, 0.4) is 0 Å². The molecule has 0 saturated heterocycles. The molecule has 0 unspecified atom stereocenters. The molecule has 2 N–H and O–H groups in total. The number of carbonyl (C=O) groups is 2. The van der Waals surface area contributed by atoms with Gasteiger partial charge in [-0.05, 0) is 50.6 Å². The Morgan fingerprint density at radius 2 is 1.94 bits per heavy atom. The number of amides is 2. The van der Waals surface area contributed by atoms with Crippen LogP contribution in [0.1, 0.15) is 41.6 Å². The van der Waals surface area contributed by atoms with Gasteiger partial charge in [0.25, 0.3) is 5.91 Å². The number of hydrogen-bond donors (Lipinski definition) is 2. The van der Waals surface area contributed by atoms with Crippen molar-refractivity contribution in [2.45, 2.75) is 38.5 Å². The molecule has 9 heteroatoms. The van der Waals surface area contributed by atoms with Crippen LogP contribution in [0.25, 0.3) is 0 Å². The molecule has 0 radical (unpaired) electrons. The number of nitrogens with one attached hydrogen (secondary N) is 2. The van der Waals surface area contributed by atoms with E-state index in [-0.39, 0.29) is 23.6 Å². The first-order chi connectivity index (χ1) is 14.9. The number of rotatable bonds is 8. The third kappa shape index (κ3) is 5.86. The van der Waals surface area contributed by atoms with E-state index in [1.807, 2.05) is 49.6 Å². The zero-order valence-electron chi connectivity index (χ0n) is 17.6. The number of nitrogens with zero attached hydrogens (tertiary/aromatic N) is 3. The van der Waals surface area contributed by atoms with Crippen molar-refractivity contribution in [2.75, 3.05) is 11.1 Å². The van der Waals surface area contributed by atoms with Crippen molar-refractivity contribution in [3.05, 3.63) is 70.5 Å². The first kappa shape index (κ1) is 22.8. The summed E-state index contributed by atoms with van der Waals surface area (Å²) in [6, 6.07) is 14.1. The van der Waals surface area contributed by atoms with E-state index in [2.05, 4.69) is 20.8 Å². The molecule has 3 aromatic rings. The molecule has 0 saturated carbocycles. The number of aryl methyl sites for hydroxylation is 1. The van der Waals surface area contributed by atoms with Gasteiger partial charge in [0.2, 0.25) is 5.91 Å². The third-order valence-electron chi connectivity index (χ3n) is 4.55. The Balaban J connectivity index is 1.63. The van der Waals surface area contributed by atoms with Gasteiger partial charge in [0, 0.05) is 12.2 Å². The molecule has 31 heavy (non-hydrogen) atoms. The minimum atomic E-state index is -0.383.